The van der Waals surface area contributed by atoms with Crippen LogP contribution in [0.2, 0.25) is 0 Å². The van der Waals surface area contributed by atoms with Crippen LogP contribution in [0.4, 0.5) is 5.69 Å². The summed E-state index contributed by atoms with van der Waals surface area (Å²) in [5, 5.41) is 14.8. The van der Waals surface area contributed by atoms with Gasteiger partial charge in [0.15, 0.2) is 0 Å². The third kappa shape index (κ3) is 3.47. The molecule has 120 valence electrons. The van der Waals surface area contributed by atoms with E-state index in [4.69, 9.17) is 0 Å². The number of para-hydroxylation sites is 1. The Labute approximate surface area is 134 Å². The second-order valence-electron chi connectivity index (χ2n) is 6.03. The fourth-order valence-electron chi connectivity index (χ4n) is 3.44. The number of rotatable bonds is 4. The van der Waals surface area contributed by atoms with Crippen molar-refractivity contribution in [3.63, 3.8) is 0 Å². The van der Waals surface area contributed by atoms with Gasteiger partial charge in [0, 0.05) is 12.0 Å². The summed E-state index contributed by atoms with van der Waals surface area (Å²) in [6.45, 7) is 0. The van der Waals surface area contributed by atoms with E-state index in [0.717, 1.165) is 25.7 Å². The van der Waals surface area contributed by atoms with Crippen molar-refractivity contribution in [1.82, 2.24) is 5.43 Å². The maximum Gasteiger partial charge on any atom is 0.278 e. The number of carbonyl (C=O) groups excluding carboxylic acids is 1. The molecule has 0 aliphatic heterocycles. The average Bonchev–Trinajstić information content (AvgIpc) is 3.18. The summed E-state index contributed by atoms with van der Waals surface area (Å²) < 4.78 is 0. The number of carbonyl (C=O) groups is 1. The Morgan fingerprint density at radius 3 is 2.52 bits per heavy atom. The Balaban J connectivity index is 1.59. The number of nitrogens with one attached hydrogen (secondary N) is 1. The molecule has 6 nitrogen and oxygen atoms in total. The Hall–Kier alpha value is -2.50. The van der Waals surface area contributed by atoms with Crippen LogP contribution in [0.25, 0.3) is 0 Å². The van der Waals surface area contributed by atoms with Crippen LogP contribution >= 0.6 is 0 Å². The van der Waals surface area contributed by atoms with Gasteiger partial charge < -0.3 is 0 Å². The number of hydrogen-bond acceptors (Lipinski definition) is 4. The van der Waals surface area contributed by atoms with E-state index in [1.54, 1.807) is 18.2 Å². The van der Waals surface area contributed by atoms with Crippen LogP contribution in [-0.2, 0) is 4.79 Å². The number of nitro benzene ring substituents is 1. The lowest BCUT2D eigenvalue weighted by Gasteiger charge is -1.99. The highest BCUT2D eigenvalue weighted by atomic mass is 16.6. The highest BCUT2D eigenvalue weighted by molar-refractivity contribution is 5.87. The first kappa shape index (κ1) is 15.4. The van der Waals surface area contributed by atoms with Crippen molar-refractivity contribution in [2.75, 3.05) is 0 Å². The number of hydrogen-bond donors (Lipinski definition) is 1. The fourth-order valence-corrected chi connectivity index (χ4v) is 3.44. The predicted octanol–water partition coefficient (Wildman–Crippen LogP) is 3.04. The number of nitrogens with zero attached hydrogens (tertiary/aromatic N) is 2. The second kappa shape index (κ2) is 6.73. The first-order chi connectivity index (χ1) is 11.2. The Kier molecular flexibility index (Phi) is 4.50. The monoisotopic (exact) mass is 313 g/mol. The van der Waals surface area contributed by atoms with Gasteiger partial charge in [-0.3, -0.25) is 14.9 Å². The van der Waals surface area contributed by atoms with Crippen molar-refractivity contribution in [3.8, 4) is 0 Å². The maximum atomic E-state index is 12.2. The molecule has 0 spiro atoms. The van der Waals surface area contributed by atoms with Gasteiger partial charge in [-0.25, -0.2) is 5.43 Å². The number of hydrazone groups is 1. The molecule has 6 heteroatoms. The number of nitro groups is 1. The minimum Gasteiger partial charge on any atom is -0.273 e. The molecule has 1 N–H and O–H groups in total. The van der Waals surface area contributed by atoms with Gasteiger partial charge in [0.2, 0.25) is 5.91 Å². The van der Waals surface area contributed by atoms with Gasteiger partial charge in [-0.2, -0.15) is 5.10 Å². The topological polar surface area (TPSA) is 84.6 Å². The van der Waals surface area contributed by atoms with Crippen LogP contribution in [0.1, 0.15) is 31.2 Å². The summed E-state index contributed by atoms with van der Waals surface area (Å²) in [7, 11) is 0. The number of fused-ring (bicyclic) bond motifs is 1. The molecule has 0 saturated heterocycles. The molecule has 1 amide bonds. The molecule has 0 radical (unpaired) electrons. The van der Waals surface area contributed by atoms with E-state index in [9.17, 15) is 14.9 Å². The van der Waals surface area contributed by atoms with Crippen molar-refractivity contribution >= 4 is 17.8 Å². The lowest BCUT2D eigenvalue weighted by atomic mass is 10.1. The first-order valence-corrected chi connectivity index (χ1v) is 7.90. The summed E-state index contributed by atoms with van der Waals surface area (Å²) in [6, 6.07) is 6.32. The van der Waals surface area contributed by atoms with Crippen LogP contribution in [0.15, 0.2) is 41.5 Å². The zero-order valence-corrected chi connectivity index (χ0v) is 12.7. The van der Waals surface area contributed by atoms with E-state index in [2.05, 4.69) is 22.7 Å². The summed E-state index contributed by atoms with van der Waals surface area (Å²) in [5.74, 6) is 0.886. The van der Waals surface area contributed by atoms with Gasteiger partial charge in [-0.15, -0.1) is 0 Å². The molecule has 1 aromatic carbocycles. The van der Waals surface area contributed by atoms with Gasteiger partial charge in [-0.05, 0) is 43.6 Å². The third-order valence-electron chi connectivity index (χ3n) is 4.65. The molecular formula is C17H19N3O3. The molecule has 1 fully saturated rings. The molecule has 0 heterocycles. The van der Waals surface area contributed by atoms with Gasteiger partial charge in [0.05, 0.1) is 16.7 Å². The van der Waals surface area contributed by atoms with Gasteiger partial charge in [0.25, 0.3) is 5.69 Å². The second-order valence-corrected chi connectivity index (χ2v) is 6.03. The summed E-state index contributed by atoms with van der Waals surface area (Å²) in [4.78, 5) is 22.7. The number of allylic oxidation sites excluding steroid dienone is 2. The molecule has 3 atom stereocenters. The van der Waals surface area contributed by atoms with Crippen molar-refractivity contribution in [2.45, 2.75) is 25.7 Å². The van der Waals surface area contributed by atoms with Crippen molar-refractivity contribution in [3.05, 3.63) is 52.1 Å². The largest absolute Gasteiger partial charge is 0.278 e. The fraction of sp³-hybridized carbons (Fsp3) is 0.412. The molecule has 2 aliphatic rings. The van der Waals surface area contributed by atoms with E-state index >= 15 is 0 Å². The lowest BCUT2D eigenvalue weighted by molar-refractivity contribution is -0.385. The Bertz CT molecular complexity index is 653. The standard InChI is InChI=1S/C17H19N3O3/c21-17(16-13-8-3-1-2-4-9-14(13)16)19-18-11-12-7-5-6-10-15(12)20(22)23/h1-2,5-7,10-11,13-14,16H,3-4,8-9H2,(H,19,21)/t13-,14+,16?. The van der Waals surface area contributed by atoms with Crippen molar-refractivity contribution in [2.24, 2.45) is 22.9 Å². The van der Waals surface area contributed by atoms with Gasteiger partial charge >= 0.3 is 0 Å². The van der Waals surface area contributed by atoms with E-state index in [-0.39, 0.29) is 17.5 Å². The zero-order valence-electron chi connectivity index (χ0n) is 12.7. The molecular weight excluding hydrogens is 294 g/mol. The molecule has 0 bridgehead atoms. The first-order valence-electron chi connectivity index (χ1n) is 7.90. The zero-order chi connectivity index (χ0) is 16.2. The molecule has 3 rings (SSSR count). The predicted molar refractivity (Wildman–Crippen MR) is 86.9 cm³/mol. The smallest absolute Gasteiger partial charge is 0.273 e. The highest BCUT2D eigenvalue weighted by Gasteiger charge is 2.53. The van der Waals surface area contributed by atoms with Crippen molar-refractivity contribution < 1.29 is 9.72 Å². The van der Waals surface area contributed by atoms with Crippen LogP contribution in [0.5, 0.6) is 0 Å². The minimum atomic E-state index is -0.460. The third-order valence-corrected chi connectivity index (χ3v) is 4.65. The molecule has 1 aromatic rings. The quantitative estimate of drug-likeness (QED) is 0.401. The van der Waals surface area contributed by atoms with Crippen LogP contribution in [0, 0.1) is 27.9 Å². The highest BCUT2D eigenvalue weighted by Crippen LogP contribution is 2.52. The normalized spacial score (nSPS) is 26.2. The summed E-state index contributed by atoms with van der Waals surface area (Å²) in [5.41, 5.74) is 2.90. The summed E-state index contributed by atoms with van der Waals surface area (Å²) in [6.07, 6.45) is 9.88. The molecule has 23 heavy (non-hydrogen) atoms. The average molecular weight is 313 g/mol. The van der Waals surface area contributed by atoms with Gasteiger partial charge in [-0.1, -0.05) is 24.3 Å². The van der Waals surface area contributed by atoms with E-state index in [0.29, 0.717) is 17.4 Å². The summed E-state index contributed by atoms with van der Waals surface area (Å²) >= 11 is 0. The molecule has 1 unspecified atom stereocenters. The van der Waals surface area contributed by atoms with E-state index in [1.165, 1.54) is 12.3 Å². The minimum absolute atomic E-state index is 0.0235. The number of benzene rings is 1. The van der Waals surface area contributed by atoms with E-state index < -0.39 is 4.92 Å². The molecule has 0 aromatic heterocycles. The van der Waals surface area contributed by atoms with Crippen LogP contribution in [0.3, 0.4) is 0 Å². The Morgan fingerprint density at radius 1 is 1.22 bits per heavy atom. The molecule has 2 aliphatic carbocycles. The lowest BCUT2D eigenvalue weighted by Crippen LogP contribution is -2.21. The van der Waals surface area contributed by atoms with Crippen LogP contribution < -0.4 is 5.43 Å². The van der Waals surface area contributed by atoms with Crippen molar-refractivity contribution in [1.29, 1.82) is 0 Å². The SMILES string of the molecule is O=C(NN=Cc1ccccc1[N+](=O)[O-])C1[C@H]2CCC=CCC[C@@H]12. The maximum absolute atomic E-state index is 12.2. The Morgan fingerprint density at radius 2 is 1.87 bits per heavy atom. The van der Waals surface area contributed by atoms with Gasteiger partial charge in [0.1, 0.15) is 0 Å². The number of amides is 1. The van der Waals surface area contributed by atoms with E-state index in [1.807, 2.05) is 0 Å². The molecule has 1 saturated carbocycles. The van der Waals surface area contributed by atoms with Crippen LogP contribution in [-0.4, -0.2) is 17.0 Å².